The van der Waals surface area contributed by atoms with Gasteiger partial charge in [-0.05, 0) is 25.6 Å². The minimum atomic E-state index is -1.21. The van der Waals surface area contributed by atoms with Crippen LogP contribution in [0.2, 0.25) is 0 Å². The average Bonchev–Trinajstić information content (AvgIpc) is 2.90. The van der Waals surface area contributed by atoms with Gasteiger partial charge < -0.3 is 10.1 Å². The van der Waals surface area contributed by atoms with Gasteiger partial charge in [0.1, 0.15) is 18.5 Å². The Morgan fingerprint density at radius 2 is 2.00 bits per heavy atom. The minimum Gasteiger partial charge on any atom is -0.463 e. The maximum absolute atomic E-state index is 14.0. The van der Waals surface area contributed by atoms with Crippen molar-refractivity contribution < 1.29 is 33.1 Å². The third-order valence-electron chi connectivity index (χ3n) is 4.59. The topological polar surface area (TPSA) is 113 Å². The van der Waals surface area contributed by atoms with Crippen molar-refractivity contribution in [2.24, 2.45) is 0 Å². The SMILES string of the molecule is CNCC(=O)OCCN1C(=O)CCC(N2C(=O)c3cccc(F)c3C2=O)C1=O. The number of likely N-dealkylation sites (tertiary alicyclic amines) is 1. The lowest BCUT2D eigenvalue weighted by atomic mass is 10.0. The van der Waals surface area contributed by atoms with Gasteiger partial charge in [-0.3, -0.25) is 33.8 Å². The lowest BCUT2D eigenvalue weighted by Gasteiger charge is -2.34. The first-order valence-corrected chi connectivity index (χ1v) is 8.67. The normalized spacial score (nSPS) is 19.3. The number of rotatable bonds is 6. The van der Waals surface area contributed by atoms with Crippen LogP contribution in [0.15, 0.2) is 18.2 Å². The van der Waals surface area contributed by atoms with Crippen LogP contribution in [0.25, 0.3) is 0 Å². The smallest absolute Gasteiger partial charge is 0.319 e. The molecule has 1 aromatic carbocycles. The van der Waals surface area contributed by atoms with E-state index in [-0.39, 0.29) is 43.7 Å². The van der Waals surface area contributed by atoms with Crippen molar-refractivity contribution in [2.45, 2.75) is 18.9 Å². The van der Waals surface area contributed by atoms with Crippen LogP contribution in [0.4, 0.5) is 4.39 Å². The molecule has 3 rings (SSSR count). The number of nitrogens with zero attached hydrogens (tertiary/aromatic N) is 2. The molecule has 0 spiro atoms. The van der Waals surface area contributed by atoms with Gasteiger partial charge in [0.05, 0.1) is 24.2 Å². The van der Waals surface area contributed by atoms with Gasteiger partial charge in [-0.15, -0.1) is 0 Å². The highest BCUT2D eigenvalue weighted by atomic mass is 19.1. The standard InChI is InChI=1S/C18H18FN3O6/c1-20-9-14(24)28-8-7-21-13(23)6-5-12(17(21)26)22-16(25)10-3-2-4-11(19)15(10)18(22)27/h2-4,12,20H,5-9H2,1H3. The molecule has 0 radical (unpaired) electrons. The van der Waals surface area contributed by atoms with Crippen LogP contribution in [0.3, 0.4) is 0 Å². The van der Waals surface area contributed by atoms with E-state index in [1.165, 1.54) is 12.1 Å². The predicted molar refractivity (Wildman–Crippen MR) is 91.5 cm³/mol. The summed E-state index contributed by atoms with van der Waals surface area (Å²) >= 11 is 0. The zero-order chi connectivity index (χ0) is 20.4. The number of benzene rings is 1. The number of carbonyl (C=O) groups excluding carboxylic acids is 5. The number of ether oxygens (including phenoxy) is 1. The summed E-state index contributed by atoms with van der Waals surface area (Å²) in [5.41, 5.74) is -0.480. The van der Waals surface area contributed by atoms with E-state index in [1.54, 1.807) is 7.05 Å². The summed E-state index contributed by atoms with van der Waals surface area (Å²) < 4.78 is 18.9. The van der Waals surface area contributed by atoms with Crippen molar-refractivity contribution in [2.75, 3.05) is 26.7 Å². The van der Waals surface area contributed by atoms with E-state index < -0.39 is 41.5 Å². The Morgan fingerprint density at radius 1 is 1.25 bits per heavy atom. The number of carbonyl (C=O) groups is 5. The molecule has 2 aliphatic rings. The fourth-order valence-electron chi connectivity index (χ4n) is 3.29. The monoisotopic (exact) mass is 391 g/mol. The molecule has 148 valence electrons. The van der Waals surface area contributed by atoms with Crippen LogP contribution in [-0.4, -0.2) is 72.2 Å². The molecular formula is C18H18FN3O6. The molecule has 0 aliphatic carbocycles. The average molecular weight is 391 g/mol. The summed E-state index contributed by atoms with van der Waals surface area (Å²) in [6.07, 6.45) is -0.114. The first kappa shape index (κ1) is 19.6. The maximum atomic E-state index is 14.0. The summed E-state index contributed by atoms with van der Waals surface area (Å²) in [6, 6.07) is 2.47. The fourth-order valence-corrected chi connectivity index (χ4v) is 3.29. The Balaban J connectivity index is 1.75. The molecule has 0 bridgehead atoms. The molecule has 4 amide bonds. The Bertz CT molecular complexity index is 871. The van der Waals surface area contributed by atoms with Crippen molar-refractivity contribution in [3.05, 3.63) is 35.1 Å². The summed E-state index contributed by atoms with van der Waals surface area (Å²) in [5.74, 6) is -4.30. The van der Waals surface area contributed by atoms with Crippen molar-refractivity contribution in [1.29, 1.82) is 0 Å². The number of nitrogens with one attached hydrogen (secondary N) is 1. The molecule has 1 atom stereocenters. The van der Waals surface area contributed by atoms with E-state index in [0.29, 0.717) is 4.90 Å². The van der Waals surface area contributed by atoms with Crippen molar-refractivity contribution in [3.63, 3.8) is 0 Å². The van der Waals surface area contributed by atoms with Gasteiger partial charge in [0, 0.05) is 6.42 Å². The van der Waals surface area contributed by atoms with Crippen molar-refractivity contribution >= 4 is 29.6 Å². The molecule has 9 nitrogen and oxygen atoms in total. The highest BCUT2D eigenvalue weighted by molar-refractivity contribution is 6.23. The maximum Gasteiger partial charge on any atom is 0.319 e. The molecule has 1 fully saturated rings. The molecule has 10 heteroatoms. The third-order valence-corrected chi connectivity index (χ3v) is 4.59. The van der Waals surface area contributed by atoms with Crippen LogP contribution in [0, 0.1) is 5.82 Å². The van der Waals surface area contributed by atoms with E-state index in [1.807, 2.05) is 0 Å². The largest absolute Gasteiger partial charge is 0.463 e. The van der Waals surface area contributed by atoms with Crippen molar-refractivity contribution in [1.82, 2.24) is 15.1 Å². The van der Waals surface area contributed by atoms with Crippen LogP contribution >= 0.6 is 0 Å². The molecule has 2 heterocycles. The van der Waals surface area contributed by atoms with Crippen molar-refractivity contribution in [3.8, 4) is 0 Å². The Hall–Kier alpha value is -3.14. The van der Waals surface area contributed by atoms with E-state index >= 15 is 0 Å². The Kier molecular flexibility index (Phi) is 5.50. The zero-order valence-electron chi connectivity index (χ0n) is 15.1. The van der Waals surface area contributed by atoms with E-state index in [2.05, 4.69) is 5.32 Å². The van der Waals surface area contributed by atoms with Crippen LogP contribution in [-0.2, 0) is 19.1 Å². The van der Waals surface area contributed by atoms with E-state index in [9.17, 15) is 28.4 Å². The van der Waals surface area contributed by atoms with Gasteiger partial charge in [0.2, 0.25) is 5.91 Å². The number of fused-ring (bicyclic) bond motifs is 1. The Labute approximate surface area is 159 Å². The van der Waals surface area contributed by atoms with Gasteiger partial charge in [-0.1, -0.05) is 6.07 Å². The molecule has 1 aromatic rings. The number of piperidine rings is 1. The van der Waals surface area contributed by atoms with Crippen LogP contribution < -0.4 is 5.32 Å². The summed E-state index contributed by atoms with van der Waals surface area (Å²) in [6.45, 7) is -0.423. The number of hydrogen-bond donors (Lipinski definition) is 1. The second kappa shape index (κ2) is 7.85. The van der Waals surface area contributed by atoms with Gasteiger partial charge in [0.15, 0.2) is 0 Å². The summed E-state index contributed by atoms with van der Waals surface area (Å²) in [4.78, 5) is 62.9. The molecular weight excluding hydrogens is 373 g/mol. The summed E-state index contributed by atoms with van der Waals surface area (Å²) in [7, 11) is 1.56. The first-order chi connectivity index (χ1) is 13.4. The van der Waals surface area contributed by atoms with E-state index in [4.69, 9.17) is 4.74 Å². The second-order valence-electron chi connectivity index (χ2n) is 6.33. The summed E-state index contributed by atoms with van der Waals surface area (Å²) in [5, 5.41) is 2.61. The zero-order valence-corrected chi connectivity index (χ0v) is 15.1. The molecule has 0 aromatic heterocycles. The highest BCUT2D eigenvalue weighted by Crippen LogP contribution is 2.30. The first-order valence-electron chi connectivity index (χ1n) is 8.67. The molecule has 1 N–H and O–H groups in total. The molecule has 1 saturated heterocycles. The second-order valence-corrected chi connectivity index (χ2v) is 6.33. The number of amides is 4. The van der Waals surface area contributed by atoms with Crippen LogP contribution in [0.1, 0.15) is 33.6 Å². The number of halogens is 1. The highest BCUT2D eigenvalue weighted by Gasteiger charge is 2.47. The Morgan fingerprint density at radius 3 is 2.68 bits per heavy atom. The van der Waals surface area contributed by atoms with Gasteiger partial charge in [0.25, 0.3) is 17.7 Å². The lowest BCUT2D eigenvalue weighted by Crippen LogP contribution is -2.56. The number of esters is 1. The number of hydrogen-bond acceptors (Lipinski definition) is 7. The van der Waals surface area contributed by atoms with Gasteiger partial charge in [-0.2, -0.15) is 0 Å². The number of likely N-dealkylation sites (N-methyl/N-ethyl adjacent to an activating group) is 1. The third kappa shape index (κ3) is 3.38. The van der Waals surface area contributed by atoms with Crippen LogP contribution in [0.5, 0.6) is 0 Å². The van der Waals surface area contributed by atoms with Gasteiger partial charge in [-0.25, -0.2) is 4.39 Å². The lowest BCUT2D eigenvalue weighted by molar-refractivity contribution is -0.155. The molecule has 28 heavy (non-hydrogen) atoms. The van der Waals surface area contributed by atoms with Gasteiger partial charge >= 0.3 is 5.97 Å². The minimum absolute atomic E-state index is 0.0227. The van der Waals surface area contributed by atoms with E-state index in [0.717, 1.165) is 11.0 Å². The predicted octanol–water partition coefficient (Wildman–Crippen LogP) is -0.298. The quantitative estimate of drug-likeness (QED) is 0.523. The fraction of sp³-hybridized carbons (Fsp3) is 0.389. The number of imide groups is 2. The molecule has 1 unspecified atom stereocenters. The molecule has 0 saturated carbocycles. The molecule has 2 aliphatic heterocycles.